The third-order valence-electron chi connectivity index (χ3n) is 3.36. The van der Waals surface area contributed by atoms with Crippen LogP contribution in [0.3, 0.4) is 0 Å². The Morgan fingerprint density at radius 1 is 1.61 bits per heavy atom. The molecule has 5 heteroatoms. The summed E-state index contributed by atoms with van der Waals surface area (Å²) >= 11 is 3.31. The fraction of sp³-hybridized carbons (Fsp3) is 0.462. The Balaban J connectivity index is 2.13. The number of nitrogens with one attached hydrogen (secondary N) is 1. The molecule has 98 valence electrons. The number of nitrogens with zero attached hydrogens (tertiary/aromatic N) is 1. The molecule has 1 fully saturated rings. The summed E-state index contributed by atoms with van der Waals surface area (Å²) in [5.74, 6) is 0.321. The highest BCUT2D eigenvalue weighted by Crippen LogP contribution is 2.30. The van der Waals surface area contributed by atoms with E-state index in [0.717, 1.165) is 24.9 Å². The number of amides is 1. The number of carbonyl (C=O) groups excluding carboxylic acids is 1. The molecule has 0 radical (unpaired) electrons. The van der Waals surface area contributed by atoms with Crippen LogP contribution in [0.25, 0.3) is 0 Å². The highest BCUT2D eigenvalue weighted by atomic mass is 79.9. The van der Waals surface area contributed by atoms with E-state index in [1.807, 2.05) is 12.1 Å². The van der Waals surface area contributed by atoms with Crippen LogP contribution in [-0.4, -0.2) is 35.5 Å². The zero-order valence-corrected chi connectivity index (χ0v) is 11.9. The van der Waals surface area contributed by atoms with Crippen LogP contribution in [-0.2, 0) is 11.3 Å². The molecule has 2 rings (SSSR count). The number of rotatable bonds is 3. The highest BCUT2D eigenvalue weighted by Gasteiger charge is 2.30. The Kier molecular flexibility index (Phi) is 4.24. The Morgan fingerprint density at radius 2 is 2.39 bits per heavy atom. The number of phenolic OH excluding ortho intramolecular Hbond substituents is 1. The minimum Gasteiger partial charge on any atom is -0.506 e. The Bertz CT molecular complexity index is 451. The number of phenols is 1. The summed E-state index contributed by atoms with van der Waals surface area (Å²) in [5, 5.41) is 12.7. The van der Waals surface area contributed by atoms with Crippen molar-refractivity contribution in [3.05, 3.63) is 28.2 Å². The van der Waals surface area contributed by atoms with Gasteiger partial charge in [-0.05, 0) is 41.4 Å². The molecule has 1 saturated heterocycles. The first kappa shape index (κ1) is 13.4. The summed E-state index contributed by atoms with van der Waals surface area (Å²) in [5.41, 5.74) is 0.847. The minimum atomic E-state index is -0.0756. The maximum atomic E-state index is 11.7. The number of carbonyl (C=O) groups is 1. The van der Waals surface area contributed by atoms with Gasteiger partial charge in [0.2, 0.25) is 5.91 Å². The van der Waals surface area contributed by atoms with Gasteiger partial charge in [-0.2, -0.15) is 0 Å². The molecule has 2 N–H and O–H groups in total. The SMILES string of the molecule is CNC(=O)C1CCCN1Cc1cccc(Br)c1O. The van der Waals surface area contributed by atoms with E-state index < -0.39 is 0 Å². The molecular weight excluding hydrogens is 296 g/mol. The van der Waals surface area contributed by atoms with Crippen molar-refractivity contribution in [2.75, 3.05) is 13.6 Å². The zero-order valence-electron chi connectivity index (χ0n) is 10.3. The van der Waals surface area contributed by atoms with E-state index >= 15 is 0 Å². The zero-order chi connectivity index (χ0) is 13.1. The first-order valence-corrected chi connectivity index (χ1v) is 6.84. The van der Waals surface area contributed by atoms with Gasteiger partial charge >= 0.3 is 0 Å². The summed E-state index contributed by atoms with van der Waals surface area (Å²) in [7, 11) is 1.66. The molecule has 1 aliphatic rings. The van der Waals surface area contributed by atoms with Crippen molar-refractivity contribution in [3.8, 4) is 5.75 Å². The molecule has 0 saturated carbocycles. The molecule has 1 atom stereocenters. The minimum absolute atomic E-state index is 0.0574. The van der Waals surface area contributed by atoms with Crippen molar-refractivity contribution in [2.45, 2.75) is 25.4 Å². The number of likely N-dealkylation sites (tertiary alicyclic amines) is 1. The normalized spacial score (nSPS) is 20.0. The first-order valence-electron chi connectivity index (χ1n) is 6.05. The van der Waals surface area contributed by atoms with Gasteiger partial charge in [0.1, 0.15) is 5.75 Å². The number of likely N-dealkylation sites (N-methyl/N-ethyl adjacent to an activating group) is 1. The summed E-state index contributed by atoms with van der Waals surface area (Å²) in [6, 6.07) is 5.51. The van der Waals surface area contributed by atoms with E-state index in [4.69, 9.17) is 0 Å². The predicted molar refractivity (Wildman–Crippen MR) is 73.3 cm³/mol. The van der Waals surface area contributed by atoms with Crippen LogP contribution in [0, 0.1) is 0 Å². The topological polar surface area (TPSA) is 52.6 Å². The van der Waals surface area contributed by atoms with Crippen LogP contribution in [0.2, 0.25) is 0 Å². The lowest BCUT2D eigenvalue weighted by molar-refractivity contribution is -0.125. The second-order valence-electron chi connectivity index (χ2n) is 4.49. The lowest BCUT2D eigenvalue weighted by atomic mass is 10.1. The predicted octanol–water partition coefficient (Wildman–Crippen LogP) is 1.87. The number of para-hydroxylation sites is 1. The second kappa shape index (κ2) is 5.71. The average Bonchev–Trinajstić information content (AvgIpc) is 2.82. The Labute approximate surface area is 115 Å². The molecule has 1 heterocycles. The number of hydrogen-bond donors (Lipinski definition) is 2. The van der Waals surface area contributed by atoms with Gasteiger partial charge in [-0.3, -0.25) is 9.69 Å². The van der Waals surface area contributed by atoms with Crippen LogP contribution in [0.15, 0.2) is 22.7 Å². The fourth-order valence-electron chi connectivity index (χ4n) is 2.39. The Morgan fingerprint density at radius 3 is 3.11 bits per heavy atom. The molecule has 1 amide bonds. The van der Waals surface area contributed by atoms with Gasteiger partial charge in [0.15, 0.2) is 0 Å². The molecule has 1 aromatic rings. The third-order valence-corrected chi connectivity index (χ3v) is 4.00. The molecule has 1 aliphatic heterocycles. The van der Waals surface area contributed by atoms with Crippen molar-refractivity contribution in [2.24, 2.45) is 0 Å². The monoisotopic (exact) mass is 312 g/mol. The quantitative estimate of drug-likeness (QED) is 0.896. The van der Waals surface area contributed by atoms with Crippen molar-refractivity contribution in [1.82, 2.24) is 10.2 Å². The lowest BCUT2D eigenvalue weighted by Gasteiger charge is -2.23. The van der Waals surface area contributed by atoms with Crippen LogP contribution in [0.4, 0.5) is 0 Å². The van der Waals surface area contributed by atoms with Crippen molar-refractivity contribution < 1.29 is 9.90 Å². The summed E-state index contributed by atoms with van der Waals surface area (Å²) < 4.78 is 0.690. The van der Waals surface area contributed by atoms with E-state index in [1.165, 1.54) is 0 Å². The molecule has 0 bridgehead atoms. The number of benzene rings is 1. The fourth-order valence-corrected chi connectivity index (χ4v) is 2.79. The largest absolute Gasteiger partial charge is 0.506 e. The smallest absolute Gasteiger partial charge is 0.237 e. The second-order valence-corrected chi connectivity index (χ2v) is 5.34. The number of hydrogen-bond acceptors (Lipinski definition) is 3. The van der Waals surface area contributed by atoms with Crippen molar-refractivity contribution in [3.63, 3.8) is 0 Å². The standard InChI is InChI=1S/C13H17BrN2O2/c1-15-13(18)11-6-3-7-16(11)8-9-4-2-5-10(14)12(9)17/h2,4-5,11,17H,3,6-8H2,1H3,(H,15,18). The van der Waals surface area contributed by atoms with E-state index in [1.54, 1.807) is 13.1 Å². The molecule has 4 nitrogen and oxygen atoms in total. The highest BCUT2D eigenvalue weighted by molar-refractivity contribution is 9.10. The van der Waals surface area contributed by atoms with Crippen LogP contribution >= 0.6 is 15.9 Å². The van der Waals surface area contributed by atoms with Gasteiger partial charge in [0.05, 0.1) is 10.5 Å². The first-order chi connectivity index (χ1) is 8.63. The van der Waals surface area contributed by atoms with Gasteiger partial charge < -0.3 is 10.4 Å². The van der Waals surface area contributed by atoms with E-state index in [9.17, 15) is 9.90 Å². The molecular formula is C13H17BrN2O2. The molecule has 0 aliphatic carbocycles. The molecule has 1 unspecified atom stereocenters. The maximum absolute atomic E-state index is 11.7. The van der Waals surface area contributed by atoms with Crippen LogP contribution in [0.5, 0.6) is 5.75 Å². The van der Waals surface area contributed by atoms with Gasteiger partial charge in [-0.25, -0.2) is 0 Å². The maximum Gasteiger partial charge on any atom is 0.237 e. The van der Waals surface area contributed by atoms with Crippen LogP contribution in [0.1, 0.15) is 18.4 Å². The molecule has 0 aromatic heterocycles. The van der Waals surface area contributed by atoms with Crippen molar-refractivity contribution in [1.29, 1.82) is 0 Å². The summed E-state index contributed by atoms with van der Waals surface area (Å²) in [4.78, 5) is 13.9. The van der Waals surface area contributed by atoms with Gasteiger partial charge in [0.25, 0.3) is 0 Å². The average molecular weight is 313 g/mol. The number of aromatic hydroxyl groups is 1. The molecule has 0 spiro atoms. The van der Waals surface area contributed by atoms with Crippen molar-refractivity contribution >= 4 is 21.8 Å². The third kappa shape index (κ3) is 2.67. The summed E-state index contributed by atoms with van der Waals surface area (Å²) in [6.07, 6.45) is 1.90. The molecule has 1 aromatic carbocycles. The molecule has 18 heavy (non-hydrogen) atoms. The Hall–Kier alpha value is -1.07. The summed E-state index contributed by atoms with van der Waals surface area (Å²) in [6.45, 7) is 1.49. The van der Waals surface area contributed by atoms with E-state index in [0.29, 0.717) is 11.0 Å². The van der Waals surface area contributed by atoms with Gasteiger partial charge in [-0.1, -0.05) is 12.1 Å². The lowest BCUT2D eigenvalue weighted by Crippen LogP contribution is -2.41. The van der Waals surface area contributed by atoms with Gasteiger partial charge in [0, 0.05) is 19.2 Å². The van der Waals surface area contributed by atoms with E-state index in [-0.39, 0.29) is 17.7 Å². The van der Waals surface area contributed by atoms with Gasteiger partial charge in [-0.15, -0.1) is 0 Å². The van der Waals surface area contributed by atoms with E-state index in [2.05, 4.69) is 26.1 Å². The number of halogens is 1. The van der Waals surface area contributed by atoms with Crippen LogP contribution < -0.4 is 5.32 Å².